The lowest BCUT2D eigenvalue weighted by Crippen LogP contribution is -2.13. The Labute approximate surface area is 110 Å². The third-order valence-electron chi connectivity index (χ3n) is 3.50. The highest BCUT2D eigenvalue weighted by molar-refractivity contribution is 5.25. The Balaban J connectivity index is 2.27. The van der Waals surface area contributed by atoms with Crippen LogP contribution in [0.2, 0.25) is 0 Å². The first-order valence-electron chi connectivity index (χ1n) is 6.64. The molecule has 94 valence electrons. The van der Waals surface area contributed by atoms with Gasteiger partial charge in [0, 0.05) is 17.8 Å². The molecule has 0 bridgehead atoms. The van der Waals surface area contributed by atoms with E-state index < -0.39 is 0 Å². The lowest BCUT2D eigenvalue weighted by Gasteiger charge is -2.22. The molecule has 0 radical (unpaired) electrons. The summed E-state index contributed by atoms with van der Waals surface area (Å²) >= 11 is 0. The molecule has 0 amide bonds. The largest absolute Gasteiger partial charge is 0.261 e. The summed E-state index contributed by atoms with van der Waals surface area (Å²) in [4.78, 5) is 4.60. The second kappa shape index (κ2) is 5.81. The normalized spacial score (nSPS) is 12.7. The average Bonchev–Trinajstić information content (AvgIpc) is 2.38. The second-order valence-corrected chi connectivity index (χ2v) is 5.25. The molecule has 0 saturated heterocycles. The van der Waals surface area contributed by atoms with Crippen molar-refractivity contribution in [2.75, 3.05) is 0 Å². The van der Waals surface area contributed by atoms with E-state index in [0.29, 0.717) is 11.8 Å². The van der Waals surface area contributed by atoms with Crippen molar-refractivity contribution in [3.63, 3.8) is 0 Å². The number of pyridine rings is 1. The zero-order valence-corrected chi connectivity index (χ0v) is 11.4. The lowest BCUT2D eigenvalue weighted by molar-refractivity contribution is 0.482. The van der Waals surface area contributed by atoms with Gasteiger partial charge in [0.25, 0.3) is 0 Å². The van der Waals surface area contributed by atoms with Gasteiger partial charge in [0.1, 0.15) is 0 Å². The maximum absolute atomic E-state index is 4.60. The van der Waals surface area contributed by atoms with E-state index in [9.17, 15) is 0 Å². The summed E-state index contributed by atoms with van der Waals surface area (Å²) in [6.07, 6.45) is 2.97. The maximum Gasteiger partial charge on any atom is 0.0469 e. The van der Waals surface area contributed by atoms with Crippen LogP contribution < -0.4 is 0 Å². The zero-order chi connectivity index (χ0) is 13.0. The van der Waals surface area contributed by atoms with Gasteiger partial charge >= 0.3 is 0 Å². The molecule has 1 unspecified atom stereocenters. The number of hydrogen-bond acceptors (Lipinski definition) is 1. The van der Waals surface area contributed by atoms with Gasteiger partial charge in [0.05, 0.1) is 0 Å². The Bertz CT molecular complexity index is 488. The van der Waals surface area contributed by atoms with Crippen molar-refractivity contribution in [2.24, 2.45) is 5.92 Å². The molecule has 1 aromatic heterocycles. The summed E-state index contributed by atoms with van der Waals surface area (Å²) in [6.45, 7) is 6.71. The quantitative estimate of drug-likeness (QED) is 0.772. The van der Waals surface area contributed by atoms with E-state index in [1.54, 1.807) is 0 Å². The first-order valence-corrected chi connectivity index (χ1v) is 6.64. The van der Waals surface area contributed by atoms with Crippen LogP contribution in [0.4, 0.5) is 0 Å². The van der Waals surface area contributed by atoms with Gasteiger partial charge in [-0.2, -0.15) is 0 Å². The number of benzene rings is 1. The third-order valence-corrected chi connectivity index (χ3v) is 3.50. The number of aromatic nitrogens is 1. The summed E-state index contributed by atoms with van der Waals surface area (Å²) < 4.78 is 0. The molecule has 1 heteroatoms. The lowest BCUT2D eigenvalue weighted by atomic mass is 9.84. The fourth-order valence-corrected chi connectivity index (χ4v) is 2.40. The average molecular weight is 239 g/mol. The number of nitrogens with zero attached hydrogens (tertiary/aromatic N) is 1. The van der Waals surface area contributed by atoms with Gasteiger partial charge in [0.2, 0.25) is 0 Å². The molecule has 2 rings (SSSR count). The Morgan fingerprint density at radius 3 is 2.33 bits per heavy atom. The molecular weight excluding hydrogens is 218 g/mol. The topological polar surface area (TPSA) is 12.9 Å². The molecule has 0 aliphatic carbocycles. The Morgan fingerprint density at radius 2 is 1.72 bits per heavy atom. The minimum Gasteiger partial charge on any atom is -0.261 e. The van der Waals surface area contributed by atoms with Crippen molar-refractivity contribution in [3.8, 4) is 0 Å². The predicted octanol–water partition coefficient (Wildman–Crippen LogP) is 4.37. The second-order valence-electron chi connectivity index (χ2n) is 5.25. The van der Waals surface area contributed by atoms with Crippen LogP contribution in [0.3, 0.4) is 0 Å². The van der Waals surface area contributed by atoms with E-state index in [2.05, 4.69) is 62.2 Å². The molecule has 0 aliphatic rings. The number of aryl methyl sites for hydroxylation is 1. The van der Waals surface area contributed by atoms with E-state index in [4.69, 9.17) is 0 Å². The highest BCUT2D eigenvalue weighted by atomic mass is 14.7. The molecule has 1 atom stereocenters. The van der Waals surface area contributed by atoms with Crippen LogP contribution in [0.25, 0.3) is 0 Å². The summed E-state index contributed by atoms with van der Waals surface area (Å²) in [7, 11) is 0. The highest BCUT2D eigenvalue weighted by Gasteiger charge is 2.19. The van der Waals surface area contributed by atoms with Gasteiger partial charge in [-0.1, -0.05) is 50.2 Å². The van der Waals surface area contributed by atoms with Crippen LogP contribution in [0.5, 0.6) is 0 Å². The molecular formula is C17H21N. The SMILES string of the molecule is Cc1cccnc1C(Cc1ccccc1)C(C)C. The van der Waals surface area contributed by atoms with Gasteiger partial charge in [-0.15, -0.1) is 0 Å². The van der Waals surface area contributed by atoms with Crippen molar-refractivity contribution in [2.45, 2.75) is 33.1 Å². The van der Waals surface area contributed by atoms with Gasteiger partial charge in [-0.3, -0.25) is 4.98 Å². The van der Waals surface area contributed by atoms with E-state index >= 15 is 0 Å². The number of rotatable bonds is 4. The molecule has 0 aliphatic heterocycles. The standard InChI is InChI=1S/C17H21N/c1-13(2)16(12-15-9-5-4-6-10-15)17-14(3)8-7-11-18-17/h4-11,13,16H,12H2,1-3H3. The minimum atomic E-state index is 0.494. The molecule has 0 fully saturated rings. The van der Waals surface area contributed by atoms with Crippen LogP contribution >= 0.6 is 0 Å². The first kappa shape index (κ1) is 12.8. The molecule has 0 saturated carbocycles. The first-order chi connectivity index (χ1) is 8.68. The van der Waals surface area contributed by atoms with Crippen LogP contribution in [0.15, 0.2) is 48.7 Å². The number of hydrogen-bond donors (Lipinski definition) is 0. The van der Waals surface area contributed by atoms with Crippen molar-refractivity contribution >= 4 is 0 Å². The Kier molecular flexibility index (Phi) is 4.14. The van der Waals surface area contributed by atoms with Gasteiger partial charge in [-0.05, 0) is 36.5 Å². The van der Waals surface area contributed by atoms with Gasteiger partial charge in [0.15, 0.2) is 0 Å². The molecule has 0 N–H and O–H groups in total. The molecule has 0 spiro atoms. The van der Waals surface area contributed by atoms with Crippen molar-refractivity contribution in [3.05, 3.63) is 65.5 Å². The minimum absolute atomic E-state index is 0.494. The Hall–Kier alpha value is -1.63. The highest BCUT2D eigenvalue weighted by Crippen LogP contribution is 2.28. The van der Waals surface area contributed by atoms with Crippen molar-refractivity contribution in [1.82, 2.24) is 4.98 Å². The fourth-order valence-electron chi connectivity index (χ4n) is 2.40. The fraction of sp³-hybridized carbons (Fsp3) is 0.353. The van der Waals surface area contributed by atoms with E-state index in [1.165, 1.54) is 16.8 Å². The van der Waals surface area contributed by atoms with Crippen LogP contribution in [0.1, 0.15) is 36.6 Å². The molecule has 1 aromatic carbocycles. The van der Waals surface area contributed by atoms with E-state index in [0.717, 1.165) is 6.42 Å². The summed E-state index contributed by atoms with van der Waals surface area (Å²) in [5.41, 5.74) is 3.93. The monoisotopic (exact) mass is 239 g/mol. The van der Waals surface area contributed by atoms with Gasteiger partial charge < -0.3 is 0 Å². The van der Waals surface area contributed by atoms with Crippen molar-refractivity contribution < 1.29 is 0 Å². The molecule has 18 heavy (non-hydrogen) atoms. The summed E-state index contributed by atoms with van der Waals surface area (Å²) in [6, 6.07) is 14.9. The summed E-state index contributed by atoms with van der Waals surface area (Å²) in [5, 5.41) is 0. The third kappa shape index (κ3) is 2.98. The van der Waals surface area contributed by atoms with E-state index in [-0.39, 0.29) is 0 Å². The van der Waals surface area contributed by atoms with Crippen LogP contribution in [-0.4, -0.2) is 4.98 Å². The van der Waals surface area contributed by atoms with Crippen molar-refractivity contribution in [1.29, 1.82) is 0 Å². The van der Waals surface area contributed by atoms with Gasteiger partial charge in [-0.25, -0.2) is 0 Å². The smallest absolute Gasteiger partial charge is 0.0469 e. The Morgan fingerprint density at radius 1 is 1.00 bits per heavy atom. The molecule has 1 heterocycles. The van der Waals surface area contributed by atoms with E-state index in [1.807, 2.05) is 12.3 Å². The zero-order valence-electron chi connectivity index (χ0n) is 11.4. The van der Waals surface area contributed by atoms with Crippen LogP contribution in [-0.2, 0) is 6.42 Å². The predicted molar refractivity (Wildman–Crippen MR) is 76.7 cm³/mol. The molecule has 2 aromatic rings. The summed E-state index contributed by atoms with van der Waals surface area (Å²) in [5.74, 6) is 1.09. The maximum atomic E-state index is 4.60. The van der Waals surface area contributed by atoms with Crippen LogP contribution in [0, 0.1) is 12.8 Å². The molecule has 1 nitrogen and oxygen atoms in total.